The van der Waals surface area contributed by atoms with Crippen molar-refractivity contribution >= 4 is 22.8 Å². The van der Waals surface area contributed by atoms with Crippen molar-refractivity contribution in [3.8, 4) is 22.3 Å². The topological polar surface area (TPSA) is 0 Å². The molecule has 0 nitrogen and oxygen atoms in total. The lowest BCUT2D eigenvalue weighted by molar-refractivity contribution is 0.937. The molecule has 0 bridgehead atoms. The lowest BCUT2D eigenvalue weighted by Crippen LogP contribution is -1.96. The van der Waals surface area contributed by atoms with Crippen LogP contribution >= 0.6 is 0 Å². The summed E-state index contributed by atoms with van der Waals surface area (Å²) in [4.78, 5) is 0. The molecule has 8 rings (SSSR count). The summed E-state index contributed by atoms with van der Waals surface area (Å²) >= 11 is 0. The average Bonchev–Trinajstić information content (AvgIpc) is 3.78. The van der Waals surface area contributed by atoms with Gasteiger partial charge in [-0.2, -0.15) is 0 Å². The highest BCUT2D eigenvalue weighted by Crippen LogP contribution is 2.45. The highest BCUT2D eigenvalue weighted by Gasteiger charge is 2.26. The van der Waals surface area contributed by atoms with E-state index in [-0.39, 0.29) is 0 Å². The highest BCUT2D eigenvalue weighted by atomic mass is 14.3. The van der Waals surface area contributed by atoms with Gasteiger partial charge in [0.2, 0.25) is 0 Å². The van der Waals surface area contributed by atoms with Gasteiger partial charge in [0.15, 0.2) is 0 Å². The first-order valence-electron chi connectivity index (χ1n) is 29.5. The molecule has 0 aliphatic heterocycles. The molecule has 0 heteroatoms. The fourth-order valence-electron chi connectivity index (χ4n) is 10.3. The Balaban J connectivity index is 0.000000231. The van der Waals surface area contributed by atoms with Gasteiger partial charge in [-0.15, -0.1) is 0 Å². The third-order valence-corrected chi connectivity index (χ3v) is 14.7. The summed E-state index contributed by atoms with van der Waals surface area (Å²) in [5.74, 6) is 0.458. The number of hydrogen-bond donors (Lipinski definition) is 0. The van der Waals surface area contributed by atoms with Gasteiger partial charge in [0.05, 0.1) is 0 Å². The molecule has 80 heavy (non-hydrogen) atoms. The van der Waals surface area contributed by atoms with E-state index < -0.39 is 0 Å². The standard InChI is InChI=1S/C24H32.C22H24.C18H20.C14H14.C2H6/c1-8-13-19(6)22(10-3)20(7)16-17-23(18(4)5)24-15-12-11-14-21(24)9-2;1-5-7-20-19(6-2)16(4)22-14-18(12-13-21(20)22)17-10-8-15(3)9-11-17;1-3-4-6-11-17-14-15(2)12-13-18(17)16-9-7-5-8-10-16;1-11-3-7-13(8-4-11)14-9-5-12(2)6-10-14;1-2/h8,10-15H,3,7,9,16-17H2,1-2,4-6H3;6,8-14,16H,2,5,7H2,1,3-4H3;3-4,6-7,9-14H,5,8H2,1-2H3;3-10H,1-2H3;1-2H3/b13-8-,22-19+;;4-3-,11-6-;;. The maximum Gasteiger partial charge on any atom is 0.00699 e. The van der Waals surface area contributed by atoms with Gasteiger partial charge in [-0.25, -0.2) is 0 Å². The molecule has 0 amide bonds. The number of hydrogen-bond acceptors (Lipinski definition) is 0. The molecule has 0 saturated carbocycles. The normalized spacial score (nSPS) is 13.6. The number of aryl methyl sites for hydroxylation is 5. The van der Waals surface area contributed by atoms with E-state index in [0.717, 1.165) is 37.7 Å². The van der Waals surface area contributed by atoms with Gasteiger partial charge < -0.3 is 0 Å². The molecule has 2 aliphatic rings. The quantitative estimate of drug-likeness (QED) is 0.0848. The first-order chi connectivity index (χ1) is 38.7. The molecule has 0 radical (unpaired) electrons. The van der Waals surface area contributed by atoms with Crippen molar-refractivity contribution in [3.05, 3.63) is 297 Å². The lowest BCUT2D eigenvalue weighted by atomic mass is 9.89. The van der Waals surface area contributed by atoms with Crippen molar-refractivity contribution in [2.75, 3.05) is 0 Å². The van der Waals surface area contributed by atoms with E-state index in [0.29, 0.717) is 5.92 Å². The van der Waals surface area contributed by atoms with Crippen LogP contribution in [0.5, 0.6) is 0 Å². The fraction of sp³-hybridized carbons (Fsp3) is 0.275. The van der Waals surface area contributed by atoms with Gasteiger partial charge in [0.1, 0.15) is 0 Å². The smallest absolute Gasteiger partial charge is 0.00699 e. The van der Waals surface area contributed by atoms with Crippen LogP contribution in [0.3, 0.4) is 0 Å². The molecule has 1 unspecified atom stereocenters. The van der Waals surface area contributed by atoms with Gasteiger partial charge in [0.25, 0.3) is 0 Å². The van der Waals surface area contributed by atoms with E-state index in [1.54, 1.807) is 0 Å². The molecular formula is C80H96. The number of rotatable bonds is 16. The Labute approximate surface area is 487 Å². The van der Waals surface area contributed by atoms with E-state index in [9.17, 15) is 0 Å². The monoisotopic (exact) mass is 1060 g/mol. The van der Waals surface area contributed by atoms with Crippen molar-refractivity contribution < 1.29 is 0 Å². The van der Waals surface area contributed by atoms with Crippen molar-refractivity contribution in [2.24, 2.45) is 0 Å². The van der Waals surface area contributed by atoms with Crippen LogP contribution in [0.2, 0.25) is 0 Å². The third-order valence-electron chi connectivity index (χ3n) is 14.7. The summed E-state index contributed by atoms with van der Waals surface area (Å²) in [5.41, 5.74) is 29.4. The van der Waals surface area contributed by atoms with Crippen LogP contribution in [0.15, 0.2) is 242 Å². The molecule has 0 aromatic heterocycles. The Bertz CT molecular complexity index is 3160. The first-order valence-corrected chi connectivity index (χ1v) is 29.5. The highest BCUT2D eigenvalue weighted by molar-refractivity contribution is 5.83. The third kappa shape index (κ3) is 19.1. The minimum absolute atomic E-state index is 0.458. The molecule has 6 aromatic carbocycles. The summed E-state index contributed by atoms with van der Waals surface area (Å²) in [5, 5.41) is 0. The molecule has 0 fully saturated rings. The van der Waals surface area contributed by atoms with E-state index in [1.807, 2.05) is 39.8 Å². The summed E-state index contributed by atoms with van der Waals surface area (Å²) in [6.45, 7) is 42.2. The van der Waals surface area contributed by atoms with Crippen molar-refractivity contribution in [1.82, 2.24) is 0 Å². The molecule has 0 saturated heterocycles. The zero-order valence-electron chi connectivity index (χ0n) is 51.7. The van der Waals surface area contributed by atoms with E-state index in [1.165, 1.54) is 130 Å². The van der Waals surface area contributed by atoms with E-state index in [4.69, 9.17) is 0 Å². The van der Waals surface area contributed by atoms with Crippen molar-refractivity contribution in [2.45, 2.75) is 148 Å². The zero-order chi connectivity index (χ0) is 58.6. The lowest BCUT2D eigenvalue weighted by Gasteiger charge is -2.16. The van der Waals surface area contributed by atoms with E-state index >= 15 is 0 Å². The maximum absolute atomic E-state index is 4.31. The number of benzene rings is 6. The summed E-state index contributed by atoms with van der Waals surface area (Å²) in [6, 6.07) is 48.4. The van der Waals surface area contributed by atoms with Gasteiger partial charge in [-0.05, 0) is 202 Å². The second-order valence-corrected chi connectivity index (χ2v) is 21.0. The van der Waals surface area contributed by atoms with Crippen molar-refractivity contribution in [3.63, 3.8) is 0 Å². The van der Waals surface area contributed by atoms with Crippen molar-refractivity contribution in [1.29, 1.82) is 0 Å². The van der Waals surface area contributed by atoms with Crippen LogP contribution in [0, 0.1) is 27.7 Å². The van der Waals surface area contributed by atoms with Crippen LogP contribution in [0.1, 0.15) is 169 Å². The summed E-state index contributed by atoms with van der Waals surface area (Å²) in [6.07, 6.45) is 31.1. The molecule has 0 heterocycles. The van der Waals surface area contributed by atoms with Gasteiger partial charge >= 0.3 is 0 Å². The second-order valence-electron chi connectivity index (χ2n) is 21.0. The molecule has 1 atom stereocenters. The van der Waals surface area contributed by atoms with Crippen LogP contribution in [-0.2, 0) is 6.42 Å². The minimum atomic E-state index is 0.458. The van der Waals surface area contributed by atoms with E-state index in [2.05, 4.69) is 277 Å². The summed E-state index contributed by atoms with van der Waals surface area (Å²) in [7, 11) is 0. The molecule has 0 spiro atoms. The Morgan fingerprint density at radius 3 is 1.70 bits per heavy atom. The Hall–Kier alpha value is -7.54. The Morgan fingerprint density at radius 2 is 1.19 bits per heavy atom. The van der Waals surface area contributed by atoms with Gasteiger partial charge in [0, 0.05) is 5.92 Å². The first kappa shape index (κ1) is 65.0. The predicted molar refractivity (Wildman–Crippen MR) is 361 cm³/mol. The fourth-order valence-corrected chi connectivity index (χ4v) is 10.3. The molecule has 0 N–H and O–H groups in total. The Kier molecular flexibility index (Phi) is 28.0. The largest absolute Gasteiger partial charge is 0.0988 e. The number of allylic oxidation sites excluding steroid dienone is 18. The van der Waals surface area contributed by atoms with Crippen LogP contribution in [0.4, 0.5) is 0 Å². The second kappa shape index (κ2) is 34.5. The zero-order valence-corrected chi connectivity index (χ0v) is 51.7. The molecule has 2 aliphatic carbocycles. The van der Waals surface area contributed by atoms with Crippen LogP contribution in [-0.4, -0.2) is 0 Å². The van der Waals surface area contributed by atoms with Gasteiger partial charge in [-0.1, -0.05) is 283 Å². The maximum atomic E-state index is 4.31. The molecule has 416 valence electrons. The SMILES string of the molecule is C/C=C\C=C/c1cc(C)ccc1C1=CCCC=C1.C=C/C(C(=C)CCC(=C(C)C)c1ccccc1CC)=C(C)\C=C/C.C=CC1=C(CCC)c2ccc(-c3ccc(C)cc3)cc2C1C.CC.Cc1ccc(-c2ccc(C)cc2)cc1. The molecular weight excluding hydrogens is 961 g/mol. The number of fused-ring (bicyclic) bond motifs is 1. The Morgan fingerprint density at radius 1 is 0.625 bits per heavy atom. The summed E-state index contributed by atoms with van der Waals surface area (Å²) < 4.78 is 0. The minimum Gasteiger partial charge on any atom is -0.0988 e. The average molecular weight is 1060 g/mol. The van der Waals surface area contributed by atoms with Crippen LogP contribution < -0.4 is 0 Å². The van der Waals surface area contributed by atoms with Gasteiger partial charge in [-0.3, -0.25) is 0 Å². The predicted octanol–water partition coefficient (Wildman–Crippen LogP) is 24.3. The molecule has 6 aromatic rings. The van der Waals surface area contributed by atoms with Crippen LogP contribution in [0.25, 0.3) is 45.0 Å².